The van der Waals surface area contributed by atoms with Crippen molar-refractivity contribution < 1.29 is 9.47 Å². The van der Waals surface area contributed by atoms with Crippen LogP contribution in [0.25, 0.3) is 0 Å². The molecule has 1 aromatic carbocycles. The number of ether oxygens (including phenoxy) is 2. The third-order valence-corrected chi connectivity index (χ3v) is 3.09. The molecule has 5 nitrogen and oxygen atoms in total. The van der Waals surface area contributed by atoms with Gasteiger partial charge < -0.3 is 20.1 Å². The van der Waals surface area contributed by atoms with Gasteiger partial charge in [0.05, 0.1) is 13.7 Å². The zero-order valence-corrected chi connectivity index (χ0v) is 16.9. The van der Waals surface area contributed by atoms with Crippen LogP contribution in [0.15, 0.2) is 29.3 Å². The molecule has 1 rings (SSSR count). The Balaban J connectivity index is 0.00000484. The second-order valence-electron chi connectivity index (χ2n) is 5.53. The number of hydrogen-bond acceptors (Lipinski definition) is 3. The molecule has 0 atom stereocenters. The van der Waals surface area contributed by atoms with Gasteiger partial charge >= 0.3 is 0 Å². The molecular weight excluding hydrogens is 405 g/mol. The standard InChI is InChI=1S/C17H29N3O2.HI/c1-14(2)12-20-17(18-3)19-10-5-11-22-13-15-6-8-16(21-4)9-7-15;/h6-9,14H,5,10-13H2,1-4H3,(H2,18,19,20);1H. The number of guanidine groups is 1. The van der Waals surface area contributed by atoms with E-state index in [1.807, 2.05) is 24.3 Å². The van der Waals surface area contributed by atoms with Crippen molar-refractivity contribution in [2.75, 3.05) is 33.9 Å². The van der Waals surface area contributed by atoms with Gasteiger partial charge in [-0.05, 0) is 30.0 Å². The van der Waals surface area contributed by atoms with Crippen molar-refractivity contribution in [1.29, 1.82) is 0 Å². The van der Waals surface area contributed by atoms with Gasteiger partial charge in [0.25, 0.3) is 0 Å². The number of nitrogens with zero attached hydrogens (tertiary/aromatic N) is 1. The number of benzene rings is 1. The van der Waals surface area contributed by atoms with Gasteiger partial charge in [0, 0.05) is 26.7 Å². The first kappa shape index (κ1) is 22.0. The van der Waals surface area contributed by atoms with E-state index in [2.05, 4.69) is 29.5 Å². The highest BCUT2D eigenvalue weighted by Gasteiger charge is 1.99. The van der Waals surface area contributed by atoms with Crippen molar-refractivity contribution in [3.05, 3.63) is 29.8 Å². The largest absolute Gasteiger partial charge is 0.497 e. The molecule has 2 N–H and O–H groups in total. The quantitative estimate of drug-likeness (QED) is 0.271. The summed E-state index contributed by atoms with van der Waals surface area (Å²) in [5.74, 6) is 2.32. The predicted octanol–water partition coefficient (Wildman–Crippen LogP) is 3.04. The molecule has 1 aromatic rings. The molecule has 0 unspecified atom stereocenters. The summed E-state index contributed by atoms with van der Waals surface area (Å²) in [7, 11) is 3.46. The van der Waals surface area contributed by atoms with Gasteiger partial charge in [-0.2, -0.15) is 0 Å². The molecule has 0 spiro atoms. The van der Waals surface area contributed by atoms with Gasteiger partial charge in [-0.25, -0.2) is 0 Å². The van der Waals surface area contributed by atoms with E-state index in [1.165, 1.54) is 0 Å². The molecule has 0 aromatic heterocycles. The fraction of sp³-hybridized carbons (Fsp3) is 0.588. The minimum absolute atomic E-state index is 0. The smallest absolute Gasteiger partial charge is 0.190 e. The molecule has 0 radical (unpaired) electrons. The number of methoxy groups -OCH3 is 1. The van der Waals surface area contributed by atoms with Crippen LogP contribution < -0.4 is 15.4 Å². The number of hydrogen-bond donors (Lipinski definition) is 2. The Morgan fingerprint density at radius 3 is 2.43 bits per heavy atom. The zero-order valence-electron chi connectivity index (χ0n) is 14.6. The summed E-state index contributed by atoms with van der Waals surface area (Å²) < 4.78 is 10.8. The van der Waals surface area contributed by atoms with Crippen molar-refractivity contribution >= 4 is 29.9 Å². The number of nitrogens with one attached hydrogen (secondary N) is 2. The van der Waals surface area contributed by atoms with Gasteiger partial charge in [0.15, 0.2) is 5.96 Å². The molecule has 0 aliphatic rings. The first-order valence-electron chi connectivity index (χ1n) is 7.81. The Hall–Kier alpha value is -1.02. The van der Waals surface area contributed by atoms with Gasteiger partial charge in [0.2, 0.25) is 0 Å². The molecular formula is C17H30IN3O2. The van der Waals surface area contributed by atoms with Crippen LogP contribution in [-0.4, -0.2) is 39.8 Å². The van der Waals surface area contributed by atoms with E-state index in [0.29, 0.717) is 12.5 Å². The highest BCUT2D eigenvalue weighted by molar-refractivity contribution is 14.0. The molecule has 23 heavy (non-hydrogen) atoms. The second-order valence-corrected chi connectivity index (χ2v) is 5.53. The van der Waals surface area contributed by atoms with Crippen LogP contribution >= 0.6 is 24.0 Å². The van der Waals surface area contributed by atoms with Crippen LogP contribution in [0.3, 0.4) is 0 Å². The molecule has 0 fully saturated rings. The predicted molar refractivity (Wildman–Crippen MR) is 107 cm³/mol. The van der Waals surface area contributed by atoms with E-state index < -0.39 is 0 Å². The van der Waals surface area contributed by atoms with Crippen molar-refractivity contribution in [3.63, 3.8) is 0 Å². The molecule has 132 valence electrons. The summed E-state index contributed by atoms with van der Waals surface area (Å²) in [4.78, 5) is 4.18. The summed E-state index contributed by atoms with van der Waals surface area (Å²) in [5.41, 5.74) is 1.16. The second kappa shape index (κ2) is 13.4. The maximum atomic E-state index is 5.67. The Kier molecular flexibility index (Phi) is 12.8. The maximum absolute atomic E-state index is 5.67. The Labute approximate surface area is 157 Å². The lowest BCUT2D eigenvalue weighted by molar-refractivity contribution is 0.119. The Morgan fingerprint density at radius 1 is 1.17 bits per heavy atom. The van der Waals surface area contributed by atoms with E-state index in [0.717, 1.165) is 43.4 Å². The minimum Gasteiger partial charge on any atom is -0.497 e. The van der Waals surface area contributed by atoms with E-state index in [1.54, 1.807) is 14.2 Å². The number of halogens is 1. The summed E-state index contributed by atoms with van der Waals surface area (Å²) in [5, 5.41) is 6.56. The van der Waals surface area contributed by atoms with E-state index in [-0.39, 0.29) is 24.0 Å². The first-order chi connectivity index (χ1) is 10.7. The Morgan fingerprint density at radius 2 is 1.87 bits per heavy atom. The molecule has 0 saturated heterocycles. The van der Waals surface area contributed by atoms with Crippen molar-refractivity contribution in [2.45, 2.75) is 26.9 Å². The van der Waals surface area contributed by atoms with Crippen molar-refractivity contribution in [2.24, 2.45) is 10.9 Å². The number of rotatable bonds is 9. The highest BCUT2D eigenvalue weighted by atomic mass is 127. The monoisotopic (exact) mass is 435 g/mol. The molecule has 0 amide bonds. The van der Waals surface area contributed by atoms with E-state index >= 15 is 0 Å². The van der Waals surface area contributed by atoms with Crippen molar-refractivity contribution in [1.82, 2.24) is 10.6 Å². The fourth-order valence-corrected chi connectivity index (χ4v) is 1.81. The summed E-state index contributed by atoms with van der Waals surface area (Å²) in [6.45, 7) is 7.47. The molecule has 0 aliphatic heterocycles. The van der Waals surface area contributed by atoms with Gasteiger partial charge in [-0.1, -0.05) is 26.0 Å². The van der Waals surface area contributed by atoms with Gasteiger partial charge in [-0.15, -0.1) is 24.0 Å². The zero-order chi connectivity index (χ0) is 16.2. The number of aliphatic imine (C=N–C) groups is 1. The van der Waals surface area contributed by atoms with Crippen LogP contribution in [0.4, 0.5) is 0 Å². The average Bonchev–Trinajstić information content (AvgIpc) is 2.53. The van der Waals surface area contributed by atoms with Crippen LogP contribution in [0.5, 0.6) is 5.75 Å². The molecule has 0 saturated carbocycles. The Bertz CT molecular complexity index is 436. The molecule has 0 heterocycles. The maximum Gasteiger partial charge on any atom is 0.190 e. The van der Waals surface area contributed by atoms with E-state index in [4.69, 9.17) is 9.47 Å². The summed E-state index contributed by atoms with van der Waals surface area (Å²) in [6.07, 6.45) is 0.943. The SMILES string of the molecule is CN=C(NCCCOCc1ccc(OC)cc1)NCC(C)C.I. The molecule has 0 aliphatic carbocycles. The first-order valence-corrected chi connectivity index (χ1v) is 7.81. The lowest BCUT2D eigenvalue weighted by Gasteiger charge is -2.13. The normalized spacial score (nSPS) is 11.1. The third-order valence-electron chi connectivity index (χ3n) is 3.09. The third kappa shape index (κ3) is 10.4. The minimum atomic E-state index is 0. The van der Waals surface area contributed by atoms with Crippen LogP contribution in [-0.2, 0) is 11.3 Å². The fourth-order valence-electron chi connectivity index (χ4n) is 1.81. The lowest BCUT2D eigenvalue weighted by Crippen LogP contribution is -2.39. The van der Waals surface area contributed by atoms with Gasteiger partial charge in [0.1, 0.15) is 5.75 Å². The molecule has 0 bridgehead atoms. The van der Waals surface area contributed by atoms with E-state index in [9.17, 15) is 0 Å². The molecule has 6 heteroatoms. The lowest BCUT2D eigenvalue weighted by atomic mass is 10.2. The van der Waals surface area contributed by atoms with Crippen LogP contribution in [0, 0.1) is 5.92 Å². The van der Waals surface area contributed by atoms with Crippen LogP contribution in [0.2, 0.25) is 0 Å². The summed E-state index contributed by atoms with van der Waals surface area (Å²) in [6, 6.07) is 7.94. The topological polar surface area (TPSA) is 54.9 Å². The highest BCUT2D eigenvalue weighted by Crippen LogP contribution is 2.11. The van der Waals surface area contributed by atoms with Crippen molar-refractivity contribution in [3.8, 4) is 5.75 Å². The van der Waals surface area contributed by atoms with Crippen LogP contribution in [0.1, 0.15) is 25.8 Å². The van der Waals surface area contributed by atoms with Gasteiger partial charge in [-0.3, -0.25) is 4.99 Å². The summed E-state index contributed by atoms with van der Waals surface area (Å²) >= 11 is 0. The average molecular weight is 435 g/mol.